The van der Waals surface area contributed by atoms with Gasteiger partial charge >= 0.3 is 0 Å². The highest BCUT2D eigenvalue weighted by Crippen LogP contribution is 2.55. The molecule has 1 nitrogen and oxygen atoms in total. The molecule has 0 bridgehead atoms. The summed E-state index contributed by atoms with van der Waals surface area (Å²) in [6.45, 7) is 6.81. The highest BCUT2D eigenvalue weighted by atomic mass is 79.9. The average Bonchev–Trinajstić information content (AvgIpc) is 3.05. The fraction of sp³-hybridized carbons (Fsp3) is 0.600. The van der Waals surface area contributed by atoms with Crippen molar-refractivity contribution in [3.63, 3.8) is 0 Å². The van der Waals surface area contributed by atoms with Crippen molar-refractivity contribution in [2.75, 3.05) is 13.1 Å². The van der Waals surface area contributed by atoms with Gasteiger partial charge in [-0.2, -0.15) is 0 Å². The van der Waals surface area contributed by atoms with E-state index in [4.69, 9.17) is 0 Å². The minimum absolute atomic E-state index is 0.421. The summed E-state index contributed by atoms with van der Waals surface area (Å²) in [5.41, 5.74) is 1.93. The maximum absolute atomic E-state index is 3.60. The molecule has 1 fully saturated rings. The molecule has 2 unspecified atom stereocenters. The van der Waals surface area contributed by atoms with E-state index in [-0.39, 0.29) is 0 Å². The van der Waals surface area contributed by atoms with Crippen LogP contribution in [0.5, 0.6) is 0 Å². The first-order valence-corrected chi connectivity index (χ1v) is 7.49. The first-order valence-electron chi connectivity index (χ1n) is 6.69. The molecule has 2 rings (SSSR count). The second-order valence-corrected chi connectivity index (χ2v) is 6.06. The van der Waals surface area contributed by atoms with Gasteiger partial charge in [0.05, 0.1) is 0 Å². The Morgan fingerprint density at radius 3 is 2.53 bits per heavy atom. The molecule has 17 heavy (non-hydrogen) atoms. The highest BCUT2D eigenvalue weighted by molar-refractivity contribution is 9.10. The third kappa shape index (κ3) is 2.74. The molecule has 1 aromatic rings. The van der Waals surface area contributed by atoms with Gasteiger partial charge in [-0.05, 0) is 43.0 Å². The summed E-state index contributed by atoms with van der Waals surface area (Å²) >= 11 is 3.51. The molecule has 94 valence electrons. The van der Waals surface area contributed by atoms with E-state index in [2.05, 4.69) is 59.4 Å². The van der Waals surface area contributed by atoms with Gasteiger partial charge in [-0.1, -0.05) is 48.3 Å². The fourth-order valence-corrected chi connectivity index (χ4v) is 3.12. The molecule has 1 N–H and O–H groups in total. The van der Waals surface area contributed by atoms with Crippen LogP contribution in [0.15, 0.2) is 28.7 Å². The molecule has 0 saturated heterocycles. The van der Waals surface area contributed by atoms with Gasteiger partial charge in [-0.15, -0.1) is 0 Å². The SMILES string of the molecule is CCCNCC1(c2ccc(Br)cc2)CC1CC. The first kappa shape index (κ1) is 13.1. The predicted molar refractivity (Wildman–Crippen MR) is 77.4 cm³/mol. The molecule has 0 radical (unpaired) electrons. The molecule has 1 aliphatic carbocycles. The maximum Gasteiger partial charge on any atom is 0.0175 e. The largest absolute Gasteiger partial charge is 0.316 e. The Bertz CT molecular complexity index is 360. The normalized spacial score (nSPS) is 27.1. The van der Waals surface area contributed by atoms with Gasteiger partial charge in [-0.25, -0.2) is 0 Å². The van der Waals surface area contributed by atoms with E-state index in [0.717, 1.165) is 19.0 Å². The molecule has 1 saturated carbocycles. The maximum atomic E-state index is 3.60. The summed E-state index contributed by atoms with van der Waals surface area (Å²) in [4.78, 5) is 0. The van der Waals surface area contributed by atoms with Gasteiger partial charge in [0.15, 0.2) is 0 Å². The number of hydrogen-bond acceptors (Lipinski definition) is 1. The van der Waals surface area contributed by atoms with Gasteiger partial charge in [0.1, 0.15) is 0 Å². The summed E-state index contributed by atoms with van der Waals surface area (Å²) in [5.74, 6) is 0.869. The van der Waals surface area contributed by atoms with Crippen LogP contribution in [-0.2, 0) is 5.41 Å². The van der Waals surface area contributed by atoms with Crippen LogP contribution >= 0.6 is 15.9 Å². The van der Waals surface area contributed by atoms with Crippen molar-refractivity contribution in [2.45, 2.75) is 38.5 Å². The number of halogens is 1. The lowest BCUT2D eigenvalue weighted by molar-refractivity contribution is 0.523. The van der Waals surface area contributed by atoms with Crippen molar-refractivity contribution < 1.29 is 0 Å². The molecule has 0 aromatic heterocycles. The zero-order valence-corrected chi connectivity index (χ0v) is 12.4. The van der Waals surface area contributed by atoms with Gasteiger partial charge in [0, 0.05) is 16.4 Å². The highest BCUT2D eigenvalue weighted by Gasteiger charge is 2.53. The van der Waals surface area contributed by atoms with Crippen molar-refractivity contribution in [3.05, 3.63) is 34.3 Å². The van der Waals surface area contributed by atoms with Crippen LogP contribution in [0.25, 0.3) is 0 Å². The minimum Gasteiger partial charge on any atom is -0.316 e. The molecular formula is C15H22BrN. The molecule has 0 amide bonds. The molecule has 0 aliphatic heterocycles. The summed E-state index contributed by atoms with van der Waals surface area (Å²) in [6.07, 6.45) is 3.86. The van der Waals surface area contributed by atoms with Crippen LogP contribution in [0.1, 0.15) is 38.7 Å². The van der Waals surface area contributed by atoms with Crippen LogP contribution in [0, 0.1) is 5.92 Å². The third-order valence-corrected chi connectivity index (χ3v) is 4.54. The van der Waals surface area contributed by atoms with E-state index in [0.29, 0.717) is 5.41 Å². The van der Waals surface area contributed by atoms with Crippen molar-refractivity contribution in [2.24, 2.45) is 5.92 Å². The standard InChI is InChI=1S/C15H22BrN/c1-3-9-17-11-15(10-12(15)4-2)13-5-7-14(16)8-6-13/h5-8,12,17H,3-4,9-11H2,1-2H3. The topological polar surface area (TPSA) is 12.0 Å². The molecule has 2 atom stereocenters. The second kappa shape index (κ2) is 5.53. The lowest BCUT2D eigenvalue weighted by Gasteiger charge is -2.19. The van der Waals surface area contributed by atoms with Crippen LogP contribution in [0.2, 0.25) is 0 Å². The number of rotatable bonds is 6. The molecule has 0 heterocycles. The van der Waals surface area contributed by atoms with E-state index < -0.39 is 0 Å². The van der Waals surface area contributed by atoms with E-state index in [1.165, 1.54) is 29.3 Å². The van der Waals surface area contributed by atoms with Gasteiger partial charge < -0.3 is 5.32 Å². The van der Waals surface area contributed by atoms with Crippen LogP contribution in [0.3, 0.4) is 0 Å². The summed E-state index contributed by atoms with van der Waals surface area (Å²) in [5, 5.41) is 3.60. The lowest BCUT2D eigenvalue weighted by atomic mass is 9.92. The number of benzene rings is 1. The Balaban J connectivity index is 2.09. The Hall–Kier alpha value is -0.340. The third-order valence-electron chi connectivity index (χ3n) is 4.01. The van der Waals surface area contributed by atoms with Crippen LogP contribution < -0.4 is 5.32 Å². The fourth-order valence-electron chi connectivity index (χ4n) is 2.86. The summed E-state index contributed by atoms with van der Waals surface area (Å²) in [7, 11) is 0. The molecule has 2 heteroatoms. The van der Waals surface area contributed by atoms with Crippen molar-refractivity contribution in [1.29, 1.82) is 0 Å². The Kier molecular flexibility index (Phi) is 4.26. The van der Waals surface area contributed by atoms with Gasteiger partial charge in [0.25, 0.3) is 0 Å². The zero-order valence-electron chi connectivity index (χ0n) is 10.8. The molecule has 1 aromatic carbocycles. The lowest BCUT2D eigenvalue weighted by Crippen LogP contribution is -2.29. The van der Waals surface area contributed by atoms with Gasteiger partial charge in [-0.3, -0.25) is 0 Å². The monoisotopic (exact) mass is 295 g/mol. The van der Waals surface area contributed by atoms with E-state index in [1.54, 1.807) is 0 Å². The molecule has 1 aliphatic rings. The number of hydrogen-bond donors (Lipinski definition) is 1. The first-order chi connectivity index (χ1) is 8.23. The second-order valence-electron chi connectivity index (χ2n) is 5.15. The predicted octanol–water partition coefficient (Wildman–Crippen LogP) is 4.12. The zero-order chi connectivity index (χ0) is 12.3. The van der Waals surface area contributed by atoms with Crippen molar-refractivity contribution in [1.82, 2.24) is 5.32 Å². The smallest absolute Gasteiger partial charge is 0.0175 e. The van der Waals surface area contributed by atoms with E-state index >= 15 is 0 Å². The van der Waals surface area contributed by atoms with Crippen LogP contribution in [-0.4, -0.2) is 13.1 Å². The molecule has 0 spiro atoms. The Morgan fingerprint density at radius 1 is 1.29 bits per heavy atom. The van der Waals surface area contributed by atoms with Crippen molar-refractivity contribution >= 4 is 15.9 Å². The van der Waals surface area contributed by atoms with E-state index in [1.807, 2.05) is 0 Å². The van der Waals surface area contributed by atoms with Crippen LogP contribution in [0.4, 0.5) is 0 Å². The molecular weight excluding hydrogens is 274 g/mol. The average molecular weight is 296 g/mol. The van der Waals surface area contributed by atoms with Gasteiger partial charge in [0.2, 0.25) is 0 Å². The van der Waals surface area contributed by atoms with E-state index in [9.17, 15) is 0 Å². The minimum atomic E-state index is 0.421. The Labute approximate surface area is 113 Å². The summed E-state index contributed by atoms with van der Waals surface area (Å²) < 4.78 is 1.17. The quantitative estimate of drug-likeness (QED) is 0.779. The van der Waals surface area contributed by atoms with Crippen molar-refractivity contribution in [3.8, 4) is 0 Å². The number of nitrogens with one attached hydrogen (secondary N) is 1. The Morgan fingerprint density at radius 2 is 2.00 bits per heavy atom. The summed E-state index contributed by atoms with van der Waals surface area (Å²) in [6, 6.07) is 8.91.